The van der Waals surface area contributed by atoms with E-state index in [4.69, 9.17) is 14.5 Å². The normalized spacial score (nSPS) is 18.3. The van der Waals surface area contributed by atoms with Crippen molar-refractivity contribution < 1.29 is 27.8 Å². The highest BCUT2D eigenvalue weighted by Crippen LogP contribution is 2.37. The molecule has 1 N–H and O–H groups in total. The number of hydrogen-bond acceptors (Lipinski definition) is 9. The molecule has 6 rings (SSSR count). The molecule has 214 valence electrons. The molecule has 1 spiro atoms. The van der Waals surface area contributed by atoms with Crippen LogP contribution in [0, 0.1) is 13.8 Å². The average Bonchev–Trinajstić information content (AvgIpc) is 3.31. The molecule has 0 bridgehead atoms. The number of ether oxygens (including phenoxy) is 2. The third-order valence-corrected chi connectivity index (χ3v) is 9.61. The van der Waals surface area contributed by atoms with E-state index >= 15 is 0 Å². The van der Waals surface area contributed by atoms with E-state index in [2.05, 4.69) is 15.3 Å². The smallest absolute Gasteiger partial charge is 0.304 e. The molecular formula is C28H30N6O6S. The van der Waals surface area contributed by atoms with Crippen LogP contribution in [0.1, 0.15) is 47.3 Å². The summed E-state index contributed by atoms with van der Waals surface area (Å²) in [5.74, 6) is -1.49. The van der Waals surface area contributed by atoms with Crippen LogP contribution in [0.2, 0.25) is 0 Å². The predicted octanol–water partition coefficient (Wildman–Crippen LogP) is 2.82. The fourth-order valence-corrected chi connectivity index (χ4v) is 7.05. The van der Waals surface area contributed by atoms with Crippen molar-refractivity contribution >= 4 is 27.0 Å². The van der Waals surface area contributed by atoms with Gasteiger partial charge in [0.15, 0.2) is 5.60 Å². The molecule has 5 heterocycles. The van der Waals surface area contributed by atoms with Crippen LogP contribution in [0.5, 0.6) is 5.88 Å². The molecule has 3 aromatic heterocycles. The van der Waals surface area contributed by atoms with Crippen LogP contribution >= 0.6 is 0 Å². The highest BCUT2D eigenvalue weighted by molar-refractivity contribution is 7.89. The van der Waals surface area contributed by atoms with Gasteiger partial charge in [0.05, 0.1) is 43.9 Å². The number of aromatic nitrogens is 5. The third kappa shape index (κ3) is 4.73. The number of benzene rings is 1. The molecule has 0 amide bonds. The zero-order valence-electron chi connectivity index (χ0n) is 22.9. The Morgan fingerprint density at radius 3 is 2.68 bits per heavy atom. The Labute approximate surface area is 237 Å². The lowest BCUT2D eigenvalue weighted by molar-refractivity contribution is -0.166. The maximum absolute atomic E-state index is 13.8. The summed E-state index contributed by atoms with van der Waals surface area (Å²) in [6.45, 7) is 6.94. The molecule has 4 aromatic rings. The molecule has 2 aliphatic rings. The Bertz CT molecular complexity index is 1770. The van der Waals surface area contributed by atoms with Gasteiger partial charge in [-0.2, -0.15) is 4.31 Å². The van der Waals surface area contributed by atoms with E-state index in [1.807, 2.05) is 39.0 Å². The Morgan fingerprint density at radius 1 is 1.17 bits per heavy atom. The molecule has 1 fully saturated rings. The number of carboxylic acids is 1. The van der Waals surface area contributed by atoms with E-state index in [9.17, 15) is 18.3 Å². The summed E-state index contributed by atoms with van der Waals surface area (Å²) in [7, 11) is -3.98. The van der Waals surface area contributed by atoms with Crippen LogP contribution in [-0.4, -0.2) is 74.1 Å². The molecule has 0 saturated carbocycles. The number of carboxylic acid groups (broad SMARTS) is 1. The standard InChI is InChI=1S/C28H30N6O6S/c1-4-34-23-10-8-19(18(3)26(23)31-32-34)20(12-25(35)36)21-9-7-17(2)22(30-21)13-33-14-28(15-39-16-28)40-27-24(41(33,37)38)6-5-11-29-27/h5-11,20H,4,12-16H2,1-3H3,(H,35,36). The molecule has 1 saturated heterocycles. The summed E-state index contributed by atoms with van der Waals surface area (Å²) in [5, 5.41) is 18.4. The second-order valence-electron chi connectivity index (χ2n) is 10.6. The largest absolute Gasteiger partial charge is 0.481 e. The number of nitrogens with zero attached hydrogens (tertiary/aromatic N) is 6. The van der Waals surface area contributed by atoms with Crippen molar-refractivity contribution in [1.82, 2.24) is 29.3 Å². The van der Waals surface area contributed by atoms with E-state index in [-0.39, 0.29) is 43.5 Å². The number of carbonyl (C=O) groups is 1. The number of hydrogen-bond donors (Lipinski definition) is 1. The van der Waals surface area contributed by atoms with Crippen molar-refractivity contribution in [2.24, 2.45) is 0 Å². The molecule has 1 unspecified atom stereocenters. The van der Waals surface area contributed by atoms with E-state index in [0.29, 0.717) is 23.4 Å². The number of aliphatic carboxylic acids is 1. The zero-order chi connectivity index (χ0) is 28.9. The minimum Gasteiger partial charge on any atom is -0.481 e. The fourth-order valence-electron chi connectivity index (χ4n) is 5.50. The highest BCUT2D eigenvalue weighted by Gasteiger charge is 2.49. The van der Waals surface area contributed by atoms with E-state index in [1.54, 1.807) is 16.8 Å². The maximum atomic E-state index is 13.8. The first-order valence-corrected chi connectivity index (χ1v) is 14.8. The van der Waals surface area contributed by atoms with Gasteiger partial charge in [-0.05, 0) is 61.7 Å². The SMILES string of the molecule is CCn1nnc2c(C)c(C(CC(=O)O)c3ccc(C)c(CN4CC5(COC5)Oc5ncccc5S4(=O)=O)n3)ccc21. The highest BCUT2D eigenvalue weighted by atomic mass is 32.2. The minimum absolute atomic E-state index is 0.00890. The van der Waals surface area contributed by atoms with Gasteiger partial charge in [-0.1, -0.05) is 17.3 Å². The number of sulfonamides is 1. The fraction of sp³-hybridized carbons (Fsp3) is 0.393. The quantitative estimate of drug-likeness (QED) is 0.347. The first-order valence-electron chi connectivity index (χ1n) is 13.3. The van der Waals surface area contributed by atoms with Crippen molar-refractivity contribution in [1.29, 1.82) is 0 Å². The van der Waals surface area contributed by atoms with Crippen LogP contribution in [0.4, 0.5) is 0 Å². The van der Waals surface area contributed by atoms with Crippen molar-refractivity contribution in [3.8, 4) is 5.88 Å². The van der Waals surface area contributed by atoms with Gasteiger partial charge in [-0.25, -0.2) is 18.1 Å². The van der Waals surface area contributed by atoms with Crippen LogP contribution < -0.4 is 4.74 Å². The Kier molecular flexibility index (Phi) is 6.75. The molecule has 2 aliphatic heterocycles. The maximum Gasteiger partial charge on any atom is 0.304 e. The second-order valence-corrected chi connectivity index (χ2v) is 12.5. The van der Waals surface area contributed by atoms with Gasteiger partial charge in [-0.15, -0.1) is 5.10 Å². The lowest BCUT2D eigenvalue weighted by Crippen LogP contribution is -2.60. The van der Waals surface area contributed by atoms with Crippen molar-refractivity contribution in [3.05, 3.63) is 70.7 Å². The molecule has 12 nitrogen and oxygen atoms in total. The first kappa shape index (κ1) is 27.2. The molecule has 1 atom stereocenters. The number of rotatable bonds is 7. The Morgan fingerprint density at radius 2 is 1.98 bits per heavy atom. The van der Waals surface area contributed by atoms with Crippen LogP contribution in [0.3, 0.4) is 0 Å². The monoisotopic (exact) mass is 578 g/mol. The predicted molar refractivity (Wildman–Crippen MR) is 147 cm³/mol. The minimum atomic E-state index is -3.98. The molecule has 1 aromatic carbocycles. The molecule has 41 heavy (non-hydrogen) atoms. The Hall–Kier alpha value is -3.94. The number of fused-ring (bicyclic) bond motifs is 2. The second kappa shape index (κ2) is 10.2. The van der Waals surface area contributed by atoms with Gasteiger partial charge in [0.25, 0.3) is 0 Å². The van der Waals surface area contributed by atoms with Gasteiger partial charge in [-0.3, -0.25) is 9.78 Å². The summed E-state index contributed by atoms with van der Waals surface area (Å²) in [6.07, 6.45) is 1.30. The molecule has 13 heteroatoms. The summed E-state index contributed by atoms with van der Waals surface area (Å²) < 4.78 is 42.2. The Balaban J connectivity index is 1.40. The average molecular weight is 579 g/mol. The molecule has 0 radical (unpaired) electrons. The van der Waals surface area contributed by atoms with Gasteiger partial charge >= 0.3 is 5.97 Å². The molecular weight excluding hydrogens is 548 g/mol. The third-order valence-electron chi connectivity index (χ3n) is 7.80. The number of pyridine rings is 2. The van der Waals surface area contributed by atoms with E-state index in [0.717, 1.165) is 22.2 Å². The van der Waals surface area contributed by atoms with Gasteiger partial charge in [0.2, 0.25) is 15.9 Å². The van der Waals surface area contributed by atoms with Crippen LogP contribution in [0.25, 0.3) is 11.0 Å². The van der Waals surface area contributed by atoms with Crippen LogP contribution in [-0.2, 0) is 32.6 Å². The summed E-state index contributed by atoms with van der Waals surface area (Å²) >= 11 is 0. The summed E-state index contributed by atoms with van der Waals surface area (Å²) in [6, 6.07) is 10.5. The van der Waals surface area contributed by atoms with Gasteiger partial charge in [0.1, 0.15) is 10.4 Å². The lowest BCUT2D eigenvalue weighted by atomic mass is 9.88. The lowest BCUT2D eigenvalue weighted by Gasteiger charge is -2.41. The zero-order valence-corrected chi connectivity index (χ0v) is 23.8. The van der Waals surface area contributed by atoms with E-state index in [1.165, 1.54) is 16.6 Å². The van der Waals surface area contributed by atoms with E-state index < -0.39 is 27.5 Å². The van der Waals surface area contributed by atoms with Gasteiger partial charge in [0, 0.05) is 24.4 Å². The summed E-state index contributed by atoms with van der Waals surface area (Å²) in [5.41, 5.74) is 4.21. The van der Waals surface area contributed by atoms with Crippen molar-refractivity contribution in [3.63, 3.8) is 0 Å². The summed E-state index contributed by atoms with van der Waals surface area (Å²) in [4.78, 5) is 21.1. The van der Waals surface area contributed by atoms with Crippen molar-refractivity contribution in [2.75, 3.05) is 19.8 Å². The number of aryl methyl sites for hydroxylation is 3. The van der Waals surface area contributed by atoms with Crippen LogP contribution in [0.15, 0.2) is 47.5 Å². The first-order chi connectivity index (χ1) is 19.6. The molecule has 0 aliphatic carbocycles. The van der Waals surface area contributed by atoms with Gasteiger partial charge < -0.3 is 14.6 Å². The van der Waals surface area contributed by atoms with Crippen molar-refractivity contribution in [2.45, 2.75) is 56.7 Å². The topological polar surface area (TPSA) is 150 Å².